The number of methoxy groups -OCH3 is 1. The van der Waals surface area contributed by atoms with E-state index in [2.05, 4.69) is 37.4 Å². The van der Waals surface area contributed by atoms with Gasteiger partial charge in [0.2, 0.25) is 5.91 Å². The van der Waals surface area contributed by atoms with Gasteiger partial charge in [-0.2, -0.15) is 0 Å². The van der Waals surface area contributed by atoms with Crippen molar-refractivity contribution in [3.63, 3.8) is 0 Å². The molecule has 1 aromatic rings. The van der Waals surface area contributed by atoms with E-state index in [0.717, 1.165) is 18.6 Å². The van der Waals surface area contributed by atoms with Gasteiger partial charge < -0.3 is 10.1 Å². The highest BCUT2D eigenvalue weighted by Gasteiger charge is 1.96. The van der Waals surface area contributed by atoms with E-state index in [4.69, 9.17) is 4.74 Å². The molecule has 21 heavy (non-hydrogen) atoms. The highest BCUT2D eigenvalue weighted by Crippen LogP contribution is 2.12. The minimum absolute atomic E-state index is 0.0384. The lowest BCUT2D eigenvalue weighted by Gasteiger charge is -2.03. The van der Waals surface area contributed by atoms with Crippen LogP contribution in [0.1, 0.15) is 25.8 Å². The summed E-state index contributed by atoms with van der Waals surface area (Å²) in [6, 6.07) is 8.08. The predicted octanol–water partition coefficient (Wildman–Crippen LogP) is 3.51. The highest BCUT2D eigenvalue weighted by atomic mass is 16.5. The van der Waals surface area contributed by atoms with E-state index in [1.807, 2.05) is 18.2 Å². The Morgan fingerprint density at radius 3 is 2.57 bits per heavy atom. The first-order valence-corrected chi connectivity index (χ1v) is 7.35. The van der Waals surface area contributed by atoms with Crippen molar-refractivity contribution in [3.05, 3.63) is 54.1 Å². The Hall–Kier alpha value is -2.03. The molecule has 3 heteroatoms. The molecule has 0 aliphatic carbocycles. The maximum atomic E-state index is 11.4. The van der Waals surface area contributed by atoms with E-state index in [0.29, 0.717) is 12.5 Å². The largest absolute Gasteiger partial charge is 0.497 e. The van der Waals surface area contributed by atoms with Gasteiger partial charge in [-0.05, 0) is 36.5 Å². The number of hydrogen-bond acceptors (Lipinski definition) is 2. The van der Waals surface area contributed by atoms with Crippen molar-refractivity contribution in [1.82, 2.24) is 5.32 Å². The monoisotopic (exact) mass is 287 g/mol. The van der Waals surface area contributed by atoms with Crippen LogP contribution >= 0.6 is 0 Å². The molecular formula is C18H25NO2. The molecule has 0 aromatic heterocycles. The van der Waals surface area contributed by atoms with Gasteiger partial charge in [0, 0.05) is 12.6 Å². The summed E-state index contributed by atoms with van der Waals surface area (Å²) in [6.45, 7) is 4.86. The van der Waals surface area contributed by atoms with Crippen molar-refractivity contribution in [2.24, 2.45) is 5.92 Å². The van der Waals surface area contributed by atoms with E-state index in [1.54, 1.807) is 19.3 Å². The van der Waals surface area contributed by atoms with E-state index in [1.165, 1.54) is 5.56 Å². The van der Waals surface area contributed by atoms with Crippen molar-refractivity contribution in [1.29, 1.82) is 0 Å². The lowest BCUT2D eigenvalue weighted by atomic mass is 10.1. The second-order valence-electron chi connectivity index (χ2n) is 5.31. The van der Waals surface area contributed by atoms with Gasteiger partial charge in [0.25, 0.3) is 0 Å². The molecule has 0 saturated heterocycles. The van der Waals surface area contributed by atoms with Crippen LogP contribution in [0.4, 0.5) is 0 Å². The number of hydrogen-bond donors (Lipinski definition) is 1. The molecule has 1 N–H and O–H groups in total. The molecule has 0 bridgehead atoms. The number of rotatable bonds is 8. The predicted molar refractivity (Wildman–Crippen MR) is 87.4 cm³/mol. The molecule has 1 rings (SSSR count). The minimum atomic E-state index is -0.0384. The summed E-state index contributed by atoms with van der Waals surface area (Å²) in [5.74, 6) is 1.32. The number of carbonyl (C=O) groups excluding carboxylic acids is 1. The molecule has 0 spiro atoms. The fourth-order valence-corrected chi connectivity index (χ4v) is 1.72. The fraction of sp³-hybridized carbons (Fsp3) is 0.389. The molecule has 1 amide bonds. The molecule has 3 nitrogen and oxygen atoms in total. The van der Waals surface area contributed by atoms with Crippen molar-refractivity contribution < 1.29 is 9.53 Å². The van der Waals surface area contributed by atoms with E-state index in [-0.39, 0.29) is 5.91 Å². The van der Waals surface area contributed by atoms with Gasteiger partial charge in [-0.1, -0.05) is 44.2 Å². The Morgan fingerprint density at radius 1 is 1.24 bits per heavy atom. The summed E-state index contributed by atoms with van der Waals surface area (Å²) in [5, 5.41) is 2.84. The summed E-state index contributed by atoms with van der Waals surface area (Å²) < 4.78 is 5.12. The number of nitrogens with one attached hydrogen (secondary N) is 1. The van der Waals surface area contributed by atoms with Crippen molar-refractivity contribution in [2.75, 3.05) is 13.7 Å². The summed E-state index contributed by atoms with van der Waals surface area (Å²) in [7, 11) is 1.67. The molecule has 0 saturated carbocycles. The minimum Gasteiger partial charge on any atom is -0.497 e. The van der Waals surface area contributed by atoms with E-state index >= 15 is 0 Å². The molecule has 1 aromatic carbocycles. The lowest BCUT2D eigenvalue weighted by molar-refractivity contribution is -0.116. The molecule has 0 atom stereocenters. The van der Waals surface area contributed by atoms with Crippen molar-refractivity contribution in [2.45, 2.75) is 26.7 Å². The first-order valence-electron chi connectivity index (χ1n) is 7.35. The number of carbonyl (C=O) groups is 1. The second-order valence-corrected chi connectivity index (χ2v) is 5.31. The van der Waals surface area contributed by atoms with Gasteiger partial charge in [-0.3, -0.25) is 4.79 Å². The Labute approximate surface area is 127 Å². The molecule has 114 valence electrons. The first kappa shape index (κ1) is 17.0. The van der Waals surface area contributed by atoms with Gasteiger partial charge in [0.05, 0.1) is 7.11 Å². The Balaban J connectivity index is 2.23. The molecule has 0 aliphatic rings. The standard InChI is InChI=1S/C18H25NO2/c1-15(2)14-19-18(20)9-7-5-4-6-8-16-10-12-17(21-3)13-11-16/h4-5,7,9-13,15H,6,8,14H2,1-3H3,(H,19,20)/b5-4?,9-7+. The average molecular weight is 287 g/mol. The molecule has 0 fully saturated rings. The van der Waals surface area contributed by atoms with Crippen LogP contribution in [-0.2, 0) is 11.2 Å². The highest BCUT2D eigenvalue weighted by molar-refractivity contribution is 5.87. The zero-order valence-corrected chi connectivity index (χ0v) is 13.1. The van der Waals surface area contributed by atoms with Gasteiger partial charge in [-0.25, -0.2) is 0 Å². The average Bonchev–Trinajstić information content (AvgIpc) is 2.49. The number of amides is 1. The quantitative estimate of drug-likeness (QED) is 0.587. The summed E-state index contributed by atoms with van der Waals surface area (Å²) in [4.78, 5) is 11.4. The third-order valence-electron chi connectivity index (χ3n) is 2.94. The number of allylic oxidation sites excluding steroid dienone is 3. The van der Waals surface area contributed by atoms with Crippen LogP contribution < -0.4 is 10.1 Å². The maximum Gasteiger partial charge on any atom is 0.243 e. The molecule has 0 unspecified atom stereocenters. The van der Waals surface area contributed by atoms with Crippen LogP contribution in [0.15, 0.2) is 48.6 Å². The van der Waals surface area contributed by atoms with Crippen LogP contribution in [-0.4, -0.2) is 19.6 Å². The Morgan fingerprint density at radius 2 is 1.95 bits per heavy atom. The van der Waals surface area contributed by atoms with Gasteiger partial charge >= 0.3 is 0 Å². The summed E-state index contributed by atoms with van der Waals surface area (Å²) in [5.41, 5.74) is 1.28. The zero-order chi connectivity index (χ0) is 15.5. The van der Waals surface area contributed by atoms with Gasteiger partial charge in [-0.15, -0.1) is 0 Å². The number of ether oxygens (including phenoxy) is 1. The van der Waals surface area contributed by atoms with Crippen LogP contribution in [0.5, 0.6) is 5.75 Å². The molecule has 0 radical (unpaired) electrons. The van der Waals surface area contributed by atoms with Crippen LogP contribution in [0.3, 0.4) is 0 Å². The van der Waals surface area contributed by atoms with Crippen LogP contribution in [0.2, 0.25) is 0 Å². The van der Waals surface area contributed by atoms with Crippen molar-refractivity contribution in [3.8, 4) is 5.75 Å². The molecular weight excluding hydrogens is 262 g/mol. The summed E-state index contributed by atoms with van der Waals surface area (Å²) in [6.07, 6.45) is 9.25. The smallest absolute Gasteiger partial charge is 0.243 e. The maximum absolute atomic E-state index is 11.4. The normalized spacial score (nSPS) is 11.4. The topological polar surface area (TPSA) is 38.3 Å². The Bertz CT molecular complexity index is 472. The van der Waals surface area contributed by atoms with Crippen molar-refractivity contribution >= 4 is 5.91 Å². The third-order valence-corrected chi connectivity index (χ3v) is 2.94. The SMILES string of the molecule is COc1ccc(CCC=C/C=C/C(=O)NCC(C)C)cc1. The second kappa shape index (κ2) is 9.81. The summed E-state index contributed by atoms with van der Waals surface area (Å²) >= 11 is 0. The number of aryl methyl sites for hydroxylation is 1. The molecule has 0 heterocycles. The van der Waals surface area contributed by atoms with E-state index in [9.17, 15) is 4.79 Å². The lowest BCUT2D eigenvalue weighted by Crippen LogP contribution is -2.25. The first-order chi connectivity index (χ1) is 10.1. The van der Waals surface area contributed by atoms with Crippen LogP contribution in [0, 0.1) is 5.92 Å². The number of benzene rings is 1. The van der Waals surface area contributed by atoms with E-state index < -0.39 is 0 Å². The Kier molecular flexibility index (Phi) is 7.95. The van der Waals surface area contributed by atoms with Gasteiger partial charge in [0.1, 0.15) is 5.75 Å². The van der Waals surface area contributed by atoms with Gasteiger partial charge in [0.15, 0.2) is 0 Å². The van der Waals surface area contributed by atoms with Crippen LogP contribution in [0.25, 0.3) is 0 Å². The fourth-order valence-electron chi connectivity index (χ4n) is 1.72. The third kappa shape index (κ3) is 7.98. The zero-order valence-electron chi connectivity index (χ0n) is 13.1. The molecule has 0 aliphatic heterocycles.